The Labute approximate surface area is 125 Å². The zero-order valence-corrected chi connectivity index (χ0v) is 12.7. The van der Waals surface area contributed by atoms with E-state index in [2.05, 4.69) is 40.8 Å². The number of hydrogen-bond donors (Lipinski definition) is 0. The second kappa shape index (κ2) is 5.58. The first kappa shape index (κ1) is 13.7. The maximum absolute atomic E-state index is 6.37. The van der Waals surface area contributed by atoms with Gasteiger partial charge in [-0.2, -0.15) is 0 Å². The van der Waals surface area contributed by atoms with Crippen molar-refractivity contribution in [1.82, 2.24) is 14.5 Å². The van der Waals surface area contributed by atoms with Crippen LogP contribution >= 0.6 is 11.6 Å². The van der Waals surface area contributed by atoms with Crippen molar-refractivity contribution in [1.29, 1.82) is 0 Å². The van der Waals surface area contributed by atoms with Crippen molar-refractivity contribution in [3.05, 3.63) is 53.1 Å². The van der Waals surface area contributed by atoms with Gasteiger partial charge in [0.1, 0.15) is 5.82 Å². The van der Waals surface area contributed by atoms with Crippen molar-refractivity contribution in [2.45, 2.75) is 31.3 Å². The van der Waals surface area contributed by atoms with E-state index < -0.39 is 0 Å². The monoisotopic (exact) mass is 289 g/mol. The molecule has 3 nitrogen and oxygen atoms in total. The standard InChI is InChI=1S/C16H20ClN3/c1-19(2)15(13-5-3-4-6-14(13)17)11-20-10-9-18-16(20)12-7-8-12/h3-6,9-10,12,15H,7-8,11H2,1-2H3/t15-/m1/s1. The Morgan fingerprint density at radius 3 is 2.75 bits per heavy atom. The minimum atomic E-state index is 0.260. The van der Waals surface area contributed by atoms with Crippen molar-refractivity contribution in [2.24, 2.45) is 0 Å². The smallest absolute Gasteiger partial charge is 0.111 e. The van der Waals surface area contributed by atoms with Crippen LogP contribution in [0.5, 0.6) is 0 Å². The molecule has 1 heterocycles. The van der Waals surface area contributed by atoms with E-state index in [0.29, 0.717) is 5.92 Å². The van der Waals surface area contributed by atoms with Crippen molar-refractivity contribution in [2.75, 3.05) is 14.1 Å². The van der Waals surface area contributed by atoms with Crippen molar-refractivity contribution in [3.8, 4) is 0 Å². The molecule has 2 aromatic rings. The number of imidazole rings is 1. The number of rotatable bonds is 5. The fourth-order valence-corrected chi connectivity index (χ4v) is 2.91. The molecule has 0 saturated heterocycles. The van der Waals surface area contributed by atoms with E-state index in [-0.39, 0.29) is 6.04 Å². The second-order valence-electron chi connectivity index (χ2n) is 5.71. The molecule has 4 heteroatoms. The van der Waals surface area contributed by atoms with Gasteiger partial charge in [0.05, 0.1) is 6.04 Å². The molecule has 1 atom stereocenters. The van der Waals surface area contributed by atoms with Crippen LogP contribution in [0.1, 0.15) is 36.2 Å². The predicted octanol–water partition coefficient (Wildman–Crippen LogP) is 3.72. The fraction of sp³-hybridized carbons (Fsp3) is 0.438. The van der Waals surface area contributed by atoms with E-state index in [1.807, 2.05) is 24.4 Å². The average Bonchev–Trinajstić information content (AvgIpc) is 3.16. The molecular formula is C16H20ClN3. The van der Waals surface area contributed by atoms with Gasteiger partial charge >= 0.3 is 0 Å². The molecule has 0 bridgehead atoms. The van der Waals surface area contributed by atoms with Gasteiger partial charge in [-0.3, -0.25) is 0 Å². The average molecular weight is 290 g/mol. The molecule has 1 aromatic heterocycles. The minimum Gasteiger partial charge on any atom is -0.333 e. The lowest BCUT2D eigenvalue weighted by atomic mass is 10.1. The first-order valence-corrected chi connectivity index (χ1v) is 7.46. The van der Waals surface area contributed by atoms with E-state index in [9.17, 15) is 0 Å². The number of likely N-dealkylation sites (N-methyl/N-ethyl adjacent to an activating group) is 1. The van der Waals surface area contributed by atoms with Gasteiger partial charge in [0.2, 0.25) is 0 Å². The third-order valence-electron chi connectivity index (χ3n) is 3.95. The molecular weight excluding hydrogens is 270 g/mol. The molecule has 0 spiro atoms. The fourth-order valence-electron chi connectivity index (χ4n) is 2.65. The number of benzene rings is 1. The van der Waals surface area contributed by atoms with Crippen LogP contribution in [0.4, 0.5) is 0 Å². The predicted molar refractivity (Wildman–Crippen MR) is 82.1 cm³/mol. The minimum absolute atomic E-state index is 0.260. The third-order valence-corrected chi connectivity index (χ3v) is 4.29. The van der Waals surface area contributed by atoms with Gasteiger partial charge in [-0.25, -0.2) is 4.98 Å². The van der Waals surface area contributed by atoms with Crippen LogP contribution in [0.15, 0.2) is 36.7 Å². The molecule has 1 aromatic carbocycles. The lowest BCUT2D eigenvalue weighted by molar-refractivity contribution is 0.267. The van der Waals surface area contributed by atoms with Crippen LogP contribution in [0.25, 0.3) is 0 Å². The molecule has 1 aliphatic rings. The van der Waals surface area contributed by atoms with Gasteiger partial charge in [0, 0.05) is 29.9 Å². The van der Waals surface area contributed by atoms with Crippen LogP contribution < -0.4 is 0 Å². The number of aromatic nitrogens is 2. The summed E-state index contributed by atoms with van der Waals surface area (Å²) in [5, 5.41) is 0.833. The van der Waals surface area contributed by atoms with Crippen LogP contribution in [-0.2, 0) is 6.54 Å². The van der Waals surface area contributed by atoms with Gasteiger partial charge in [-0.05, 0) is 38.6 Å². The highest BCUT2D eigenvalue weighted by molar-refractivity contribution is 6.31. The van der Waals surface area contributed by atoms with Crippen LogP contribution in [0, 0.1) is 0 Å². The van der Waals surface area contributed by atoms with E-state index >= 15 is 0 Å². The van der Waals surface area contributed by atoms with Crippen molar-refractivity contribution < 1.29 is 0 Å². The maximum atomic E-state index is 6.37. The van der Waals surface area contributed by atoms with Gasteiger partial charge in [0.15, 0.2) is 0 Å². The molecule has 1 fully saturated rings. The molecule has 0 radical (unpaired) electrons. The largest absolute Gasteiger partial charge is 0.333 e. The van der Waals surface area contributed by atoms with E-state index in [1.165, 1.54) is 24.2 Å². The summed E-state index contributed by atoms with van der Waals surface area (Å²) in [4.78, 5) is 6.74. The Bertz CT molecular complexity index is 587. The van der Waals surface area contributed by atoms with E-state index in [1.54, 1.807) is 0 Å². The summed E-state index contributed by atoms with van der Waals surface area (Å²) in [6.45, 7) is 0.891. The summed E-state index contributed by atoms with van der Waals surface area (Å²) >= 11 is 6.37. The number of halogens is 1. The lowest BCUT2D eigenvalue weighted by Crippen LogP contribution is -2.25. The Kier molecular flexibility index (Phi) is 3.81. The van der Waals surface area contributed by atoms with Gasteiger partial charge in [-0.15, -0.1) is 0 Å². The number of hydrogen-bond acceptors (Lipinski definition) is 2. The lowest BCUT2D eigenvalue weighted by Gasteiger charge is -2.26. The van der Waals surface area contributed by atoms with Crippen LogP contribution in [-0.4, -0.2) is 28.5 Å². The Hall–Kier alpha value is -1.32. The van der Waals surface area contributed by atoms with Crippen molar-refractivity contribution in [3.63, 3.8) is 0 Å². The second-order valence-corrected chi connectivity index (χ2v) is 6.12. The quantitative estimate of drug-likeness (QED) is 0.836. The molecule has 1 aliphatic carbocycles. The van der Waals surface area contributed by atoms with Gasteiger partial charge in [0.25, 0.3) is 0 Å². The van der Waals surface area contributed by atoms with Crippen LogP contribution in [0.2, 0.25) is 5.02 Å². The summed E-state index contributed by atoms with van der Waals surface area (Å²) in [5.74, 6) is 1.89. The highest BCUT2D eigenvalue weighted by Gasteiger charge is 2.29. The van der Waals surface area contributed by atoms with E-state index in [0.717, 1.165) is 11.6 Å². The zero-order chi connectivity index (χ0) is 14.1. The third kappa shape index (κ3) is 2.74. The summed E-state index contributed by atoms with van der Waals surface area (Å²) in [6, 6.07) is 8.36. The first-order valence-electron chi connectivity index (χ1n) is 7.08. The SMILES string of the molecule is CN(C)[C@H](Cn1ccnc1C1CC1)c1ccccc1Cl. The first-order chi connectivity index (χ1) is 9.66. The molecule has 20 heavy (non-hydrogen) atoms. The topological polar surface area (TPSA) is 21.1 Å². The normalized spacial score (nSPS) is 16.6. The molecule has 0 N–H and O–H groups in total. The molecule has 0 amide bonds. The maximum Gasteiger partial charge on any atom is 0.111 e. The summed E-state index contributed by atoms with van der Waals surface area (Å²) in [5.41, 5.74) is 1.18. The Morgan fingerprint density at radius 1 is 1.35 bits per heavy atom. The molecule has 1 saturated carbocycles. The Balaban J connectivity index is 1.88. The summed E-state index contributed by atoms with van der Waals surface area (Å²) < 4.78 is 2.28. The van der Waals surface area contributed by atoms with Gasteiger partial charge in [-0.1, -0.05) is 29.8 Å². The molecule has 106 valence electrons. The molecule has 0 unspecified atom stereocenters. The molecule has 0 aliphatic heterocycles. The molecule has 3 rings (SSSR count). The highest BCUT2D eigenvalue weighted by Crippen LogP contribution is 2.39. The summed E-state index contributed by atoms with van der Waals surface area (Å²) in [6.07, 6.45) is 6.54. The van der Waals surface area contributed by atoms with Crippen molar-refractivity contribution >= 4 is 11.6 Å². The summed E-state index contributed by atoms with van der Waals surface area (Å²) in [7, 11) is 4.20. The van der Waals surface area contributed by atoms with E-state index in [4.69, 9.17) is 11.6 Å². The zero-order valence-electron chi connectivity index (χ0n) is 12.0. The highest BCUT2D eigenvalue weighted by atomic mass is 35.5. The van der Waals surface area contributed by atoms with Crippen LogP contribution in [0.3, 0.4) is 0 Å². The number of nitrogens with zero attached hydrogens (tertiary/aromatic N) is 3. The van der Waals surface area contributed by atoms with Gasteiger partial charge < -0.3 is 9.47 Å². The Morgan fingerprint density at radius 2 is 2.10 bits per heavy atom.